The molecule has 4 heteroatoms. The fourth-order valence-electron chi connectivity index (χ4n) is 2.39. The molecule has 1 aliphatic carbocycles. The van der Waals surface area contributed by atoms with Crippen LogP contribution in [0.4, 0.5) is 0 Å². The summed E-state index contributed by atoms with van der Waals surface area (Å²) in [6.45, 7) is 1.91. The lowest BCUT2D eigenvalue weighted by Gasteiger charge is -2.21. The van der Waals surface area contributed by atoms with Gasteiger partial charge in [-0.1, -0.05) is 19.3 Å². The quantitative estimate of drug-likeness (QED) is 0.785. The van der Waals surface area contributed by atoms with Crippen LogP contribution in [0.15, 0.2) is 18.5 Å². The van der Waals surface area contributed by atoms with E-state index in [2.05, 4.69) is 10.3 Å². The molecule has 0 radical (unpaired) electrons. The van der Waals surface area contributed by atoms with Gasteiger partial charge in [-0.3, -0.25) is 9.78 Å². The van der Waals surface area contributed by atoms with E-state index in [0.717, 1.165) is 37.7 Å². The van der Waals surface area contributed by atoms with E-state index in [1.54, 1.807) is 12.4 Å². The highest BCUT2D eigenvalue weighted by molar-refractivity contribution is 5.94. The Kier molecular flexibility index (Phi) is 4.31. The minimum absolute atomic E-state index is 0.125. The number of carbonyl (C=O) groups is 1. The molecule has 0 aliphatic heterocycles. The van der Waals surface area contributed by atoms with Crippen LogP contribution in [0.3, 0.4) is 0 Å². The van der Waals surface area contributed by atoms with Crippen LogP contribution in [0.5, 0.6) is 0 Å². The van der Waals surface area contributed by atoms with E-state index in [-0.39, 0.29) is 11.9 Å². The average Bonchev–Trinajstić information content (AvgIpc) is 2.55. The van der Waals surface area contributed by atoms with Crippen molar-refractivity contribution in [3.8, 4) is 0 Å². The lowest BCUT2D eigenvalue weighted by atomic mass is 10.1. The lowest BCUT2D eigenvalue weighted by molar-refractivity contribution is 0.0818. The highest BCUT2D eigenvalue weighted by atomic mass is 16.3. The third-order valence-corrected chi connectivity index (χ3v) is 3.43. The normalized spacial score (nSPS) is 24.3. The third-order valence-electron chi connectivity index (χ3n) is 3.43. The van der Waals surface area contributed by atoms with E-state index >= 15 is 0 Å². The van der Waals surface area contributed by atoms with Crippen molar-refractivity contribution in [2.45, 2.75) is 51.2 Å². The molecular weight excluding hydrogens is 228 g/mol. The molecule has 1 fully saturated rings. The molecule has 4 nitrogen and oxygen atoms in total. The first-order valence-corrected chi connectivity index (χ1v) is 6.57. The number of amides is 1. The molecule has 2 N–H and O–H groups in total. The summed E-state index contributed by atoms with van der Waals surface area (Å²) in [5.74, 6) is -0.142. The van der Waals surface area contributed by atoms with E-state index < -0.39 is 6.10 Å². The van der Waals surface area contributed by atoms with Gasteiger partial charge in [-0.25, -0.2) is 0 Å². The molecule has 1 amide bonds. The van der Waals surface area contributed by atoms with Crippen molar-refractivity contribution in [3.05, 3.63) is 29.6 Å². The van der Waals surface area contributed by atoms with Crippen LogP contribution in [0, 0.1) is 6.92 Å². The SMILES string of the molecule is Cc1cncc(C(=O)NC2CCCCCC2O)c1. The largest absolute Gasteiger partial charge is 0.391 e. The molecule has 2 atom stereocenters. The van der Waals surface area contributed by atoms with Crippen LogP contribution < -0.4 is 5.32 Å². The zero-order valence-electron chi connectivity index (χ0n) is 10.7. The van der Waals surface area contributed by atoms with Crippen LogP contribution in [0.25, 0.3) is 0 Å². The fraction of sp³-hybridized carbons (Fsp3) is 0.571. The second-order valence-corrected chi connectivity index (χ2v) is 5.04. The van der Waals surface area contributed by atoms with Crippen LogP contribution in [0.2, 0.25) is 0 Å². The number of aromatic nitrogens is 1. The van der Waals surface area contributed by atoms with Crippen molar-refractivity contribution < 1.29 is 9.90 Å². The number of aliphatic hydroxyl groups is 1. The molecule has 2 rings (SSSR count). The molecule has 1 aliphatic rings. The van der Waals surface area contributed by atoms with E-state index in [9.17, 15) is 9.90 Å². The zero-order chi connectivity index (χ0) is 13.0. The summed E-state index contributed by atoms with van der Waals surface area (Å²) in [6.07, 6.45) is 7.73. The van der Waals surface area contributed by atoms with Crippen molar-refractivity contribution in [2.75, 3.05) is 0 Å². The minimum Gasteiger partial charge on any atom is -0.391 e. The Morgan fingerprint density at radius 2 is 2.11 bits per heavy atom. The van der Waals surface area contributed by atoms with Gasteiger partial charge in [0.15, 0.2) is 0 Å². The van der Waals surface area contributed by atoms with Gasteiger partial charge in [0.2, 0.25) is 0 Å². The Morgan fingerprint density at radius 3 is 2.89 bits per heavy atom. The number of pyridine rings is 1. The maximum absolute atomic E-state index is 12.1. The maximum Gasteiger partial charge on any atom is 0.253 e. The first-order chi connectivity index (χ1) is 8.66. The van der Waals surface area contributed by atoms with Gasteiger partial charge in [0, 0.05) is 12.4 Å². The summed E-state index contributed by atoms with van der Waals surface area (Å²) in [6, 6.07) is 1.69. The topological polar surface area (TPSA) is 62.2 Å². The van der Waals surface area contributed by atoms with E-state index in [0.29, 0.717) is 5.56 Å². The Morgan fingerprint density at radius 1 is 1.33 bits per heavy atom. The van der Waals surface area contributed by atoms with Gasteiger partial charge in [0.25, 0.3) is 5.91 Å². The first-order valence-electron chi connectivity index (χ1n) is 6.57. The predicted molar refractivity (Wildman–Crippen MR) is 69.3 cm³/mol. The summed E-state index contributed by atoms with van der Waals surface area (Å²) in [4.78, 5) is 16.1. The third kappa shape index (κ3) is 3.29. The molecule has 1 aromatic rings. The number of aliphatic hydroxyl groups excluding tert-OH is 1. The summed E-state index contributed by atoms with van der Waals surface area (Å²) in [5.41, 5.74) is 1.52. The van der Waals surface area contributed by atoms with Gasteiger partial charge in [-0.15, -0.1) is 0 Å². The van der Waals surface area contributed by atoms with E-state index in [1.165, 1.54) is 0 Å². The minimum atomic E-state index is -0.422. The lowest BCUT2D eigenvalue weighted by Crippen LogP contribution is -2.42. The Balaban J connectivity index is 2.01. The molecule has 1 heterocycles. The zero-order valence-corrected chi connectivity index (χ0v) is 10.7. The molecule has 1 aromatic heterocycles. The number of nitrogens with zero attached hydrogens (tertiary/aromatic N) is 1. The van der Waals surface area contributed by atoms with E-state index in [4.69, 9.17) is 0 Å². The van der Waals surface area contributed by atoms with Crippen LogP contribution >= 0.6 is 0 Å². The van der Waals surface area contributed by atoms with Crippen LogP contribution in [-0.4, -0.2) is 28.1 Å². The number of hydrogen-bond donors (Lipinski definition) is 2. The summed E-state index contributed by atoms with van der Waals surface area (Å²) in [5, 5.41) is 12.9. The van der Waals surface area contributed by atoms with Gasteiger partial charge in [0.1, 0.15) is 0 Å². The molecular formula is C14H20N2O2. The monoisotopic (exact) mass is 248 g/mol. The van der Waals surface area contributed by atoms with Gasteiger partial charge in [-0.2, -0.15) is 0 Å². The van der Waals surface area contributed by atoms with Gasteiger partial charge >= 0.3 is 0 Å². The van der Waals surface area contributed by atoms with Crippen molar-refractivity contribution in [1.29, 1.82) is 0 Å². The Bertz CT molecular complexity index is 420. The molecule has 2 unspecified atom stereocenters. The molecule has 0 spiro atoms. The van der Waals surface area contributed by atoms with Gasteiger partial charge < -0.3 is 10.4 Å². The average molecular weight is 248 g/mol. The maximum atomic E-state index is 12.1. The number of hydrogen-bond acceptors (Lipinski definition) is 3. The fourth-order valence-corrected chi connectivity index (χ4v) is 2.39. The molecule has 18 heavy (non-hydrogen) atoms. The number of aryl methyl sites for hydroxylation is 1. The first kappa shape index (κ1) is 13.0. The van der Waals surface area contributed by atoms with Crippen molar-refractivity contribution in [1.82, 2.24) is 10.3 Å². The van der Waals surface area contributed by atoms with Crippen molar-refractivity contribution in [2.24, 2.45) is 0 Å². The summed E-state index contributed by atoms with van der Waals surface area (Å²) < 4.78 is 0. The highest BCUT2D eigenvalue weighted by Crippen LogP contribution is 2.18. The molecule has 98 valence electrons. The number of nitrogens with one attached hydrogen (secondary N) is 1. The molecule has 0 bridgehead atoms. The van der Waals surface area contributed by atoms with Crippen molar-refractivity contribution in [3.63, 3.8) is 0 Å². The second kappa shape index (κ2) is 5.96. The smallest absolute Gasteiger partial charge is 0.253 e. The van der Waals surface area contributed by atoms with Gasteiger partial charge in [-0.05, 0) is 31.4 Å². The van der Waals surface area contributed by atoms with Crippen LogP contribution in [0.1, 0.15) is 48.0 Å². The highest BCUT2D eigenvalue weighted by Gasteiger charge is 2.23. The Labute approximate surface area is 107 Å². The summed E-state index contributed by atoms with van der Waals surface area (Å²) in [7, 11) is 0. The predicted octanol–water partition coefficient (Wildman–Crippen LogP) is 1.81. The summed E-state index contributed by atoms with van der Waals surface area (Å²) >= 11 is 0. The van der Waals surface area contributed by atoms with Crippen LogP contribution in [-0.2, 0) is 0 Å². The Hall–Kier alpha value is -1.42. The van der Waals surface area contributed by atoms with Gasteiger partial charge in [0.05, 0.1) is 17.7 Å². The molecule has 0 aromatic carbocycles. The second-order valence-electron chi connectivity index (χ2n) is 5.04. The standard InChI is InChI=1S/C14H20N2O2/c1-10-7-11(9-15-8-10)14(18)16-12-5-3-2-4-6-13(12)17/h7-9,12-13,17H,2-6H2,1H3,(H,16,18). The number of carbonyl (C=O) groups excluding carboxylic acids is 1. The van der Waals surface area contributed by atoms with Crippen molar-refractivity contribution >= 4 is 5.91 Å². The number of rotatable bonds is 2. The molecule has 0 saturated heterocycles. The van der Waals surface area contributed by atoms with E-state index in [1.807, 2.05) is 13.0 Å². The molecule has 1 saturated carbocycles.